The Labute approximate surface area is 99.2 Å². The van der Waals surface area contributed by atoms with Gasteiger partial charge in [0, 0.05) is 0 Å². The quantitative estimate of drug-likeness (QED) is 0.605. The van der Waals surface area contributed by atoms with Crippen molar-refractivity contribution < 1.29 is 18.7 Å². The first-order chi connectivity index (χ1) is 8.15. The second-order valence-electron chi connectivity index (χ2n) is 3.55. The minimum atomic E-state index is -2.37. The molecule has 0 radical (unpaired) electrons. The van der Waals surface area contributed by atoms with Gasteiger partial charge in [0.2, 0.25) is 8.03 Å². The van der Waals surface area contributed by atoms with Gasteiger partial charge in [-0.1, -0.05) is 12.1 Å². The third-order valence-corrected chi connectivity index (χ3v) is 3.66. The first kappa shape index (κ1) is 12.0. The van der Waals surface area contributed by atoms with Crippen molar-refractivity contribution in [1.82, 2.24) is 4.90 Å². The van der Waals surface area contributed by atoms with Crippen LogP contribution in [0.2, 0.25) is 0 Å². The predicted molar refractivity (Wildman–Crippen MR) is 62.4 cm³/mol. The lowest BCUT2D eigenvalue weighted by atomic mass is 10.1. The summed E-state index contributed by atoms with van der Waals surface area (Å²) in [6.07, 6.45) is -0.148. The highest BCUT2D eigenvalue weighted by Gasteiger charge is 2.35. The third-order valence-electron chi connectivity index (χ3n) is 2.47. The van der Waals surface area contributed by atoms with Crippen molar-refractivity contribution >= 4 is 19.8 Å². The fraction of sp³-hybridized carbons (Fsp3) is 0.273. The number of carbonyl (C=O) groups excluding carboxylic acids is 2. The van der Waals surface area contributed by atoms with E-state index in [0.717, 1.165) is 4.90 Å². The van der Waals surface area contributed by atoms with Crippen LogP contribution in [-0.4, -0.2) is 29.6 Å². The maximum absolute atomic E-state index is 11.9. The molecule has 5 nitrogen and oxygen atoms in total. The molecule has 1 aromatic carbocycles. The predicted octanol–water partition coefficient (Wildman–Crippen LogP) is 1.75. The fourth-order valence-corrected chi connectivity index (χ4v) is 2.68. The first-order valence-corrected chi connectivity index (χ1v) is 6.78. The summed E-state index contributed by atoms with van der Waals surface area (Å²) in [7, 11) is -2.37. The Morgan fingerprint density at radius 1 is 1.18 bits per heavy atom. The Morgan fingerprint density at radius 3 is 2.18 bits per heavy atom. The lowest BCUT2D eigenvalue weighted by Gasteiger charge is -2.12. The lowest BCUT2D eigenvalue weighted by Crippen LogP contribution is -2.29. The zero-order valence-corrected chi connectivity index (χ0v) is 10.3. The minimum absolute atomic E-state index is 0.148. The number of rotatable bonds is 4. The van der Waals surface area contributed by atoms with Crippen LogP contribution in [0.3, 0.4) is 0 Å². The molecule has 1 aliphatic rings. The highest BCUT2D eigenvalue weighted by molar-refractivity contribution is 7.39. The molecule has 6 heteroatoms. The SMILES string of the molecule is CCO[PH](=O)CN1C(=O)c2ccccc2C1=O. The molecule has 1 aromatic rings. The van der Waals surface area contributed by atoms with Crippen molar-refractivity contribution in [3.05, 3.63) is 35.4 Å². The van der Waals surface area contributed by atoms with Gasteiger partial charge in [-0.3, -0.25) is 19.1 Å². The van der Waals surface area contributed by atoms with Crippen LogP contribution in [0, 0.1) is 0 Å². The molecule has 0 fully saturated rings. The summed E-state index contributed by atoms with van der Waals surface area (Å²) in [6.45, 7) is 2.02. The first-order valence-electron chi connectivity index (χ1n) is 5.26. The van der Waals surface area contributed by atoms with Gasteiger partial charge in [-0.15, -0.1) is 0 Å². The second-order valence-corrected chi connectivity index (χ2v) is 4.90. The highest BCUT2D eigenvalue weighted by Crippen LogP contribution is 2.29. The number of amides is 2. The fourth-order valence-electron chi connectivity index (χ4n) is 1.72. The Hall–Kier alpha value is -1.45. The maximum Gasteiger partial charge on any atom is 0.262 e. The number of nitrogens with zero attached hydrogens (tertiary/aromatic N) is 1. The summed E-state index contributed by atoms with van der Waals surface area (Å²) >= 11 is 0. The molecule has 17 heavy (non-hydrogen) atoms. The second kappa shape index (κ2) is 4.82. The Morgan fingerprint density at radius 2 is 1.71 bits per heavy atom. The Kier molecular flexibility index (Phi) is 3.41. The molecule has 1 atom stereocenters. The average Bonchev–Trinajstić information content (AvgIpc) is 2.56. The van der Waals surface area contributed by atoms with Crippen molar-refractivity contribution in [3.63, 3.8) is 0 Å². The molecule has 0 aromatic heterocycles. The van der Waals surface area contributed by atoms with Crippen molar-refractivity contribution in [3.8, 4) is 0 Å². The molecular formula is C11H12NO4P. The minimum Gasteiger partial charge on any atom is -0.330 e. The van der Waals surface area contributed by atoms with Crippen LogP contribution < -0.4 is 0 Å². The molecule has 1 unspecified atom stereocenters. The highest BCUT2D eigenvalue weighted by atomic mass is 31.1. The Balaban J connectivity index is 2.22. The summed E-state index contributed by atoms with van der Waals surface area (Å²) in [5.41, 5.74) is 0.729. The van der Waals surface area contributed by atoms with E-state index in [1.165, 1.54) is 0 Å². The third kappa shape index (κ3) is 2.16. The molecule has 0 saturated carbocycles. The van der Waals surface area contributed by atoms with Crippen molar-refractivity contribution in [1.29, 1.82) is 0 Å². The maximum atomic E-state index is 11.9. The summed E-state index contributed by atoms with van der Waals surface area (Å²) in [6, 6.07) is 6.57. The van der Waals surface area contributed by atoms with E-state index in [9.17, 15) is 14.2 Å². The molecule has 2 amide bonds. The van der Waals surface area contributed by atoms with Crippen LogP contribution in [0.15, 0.2) is 24.3 Å². The number of carbonyl (C=O) groups is 2. The molecular weight excluding hydrogens is 241 g/mol. The summed E-state index contributed by atoms with van der Waals surface area (Å²) in [5, 5.41) is 0. The molecule has 0 spiro atoms. The lowest BCUT2D eigenvalue weighted by molar-refractivity contribution is 0.0676. The molecule has 0 bridgehead atoms. The van der Waals surface area contributed by atoms with E-state index in [1.54, 1.807) is 31.2 Å². The monoisotopic (exact) mass is 253 g/mol. The van der Waals surface area contributed by atoms with E-state index >= 15 is 0 Å². The van der Waals surface area contributed by atoms with Crippen molar-refractivity contribution in [2.45, 2.75) is 6.92 Å². The van der Waals surface area contributed by atoms with E-state index in [1.807, 2.05) is 0 Å². The standard InChI is InChI=1S/C11H12NO4P/c1-2-16-17(15)7-12-10(13)8-5-3-4-6-9(8)11(12)14/h3-6,17H,2,7H2,1H3. The van der Waals surface area contributed by atoms with Gasteiger partial charge < -0.3 is 4.52 Å². The number of hydrogen-bond donors (Lipinski definition) is 0. The van der Waals surface area contributed by atoms with Crippen molar-refractivity contribution in [2.24, 2.45) is 0 Å². The van der Waals surface area contributed by atoms with Gasteiger partial charge in [0.25, 0.3) is 11.8 Å². The molecule has 0 N–H and O–H groups in total. The molecule has 0 aliphatic carbocycles. The molecule has 1 heterocycles. The topological polar surface area (TPSA) is 63.7 Å². The van der Waals surface area contributed by atoms with Gasteiger partial charge in [-0.2, -0.15) is 0 Å². The van der Waals surface area contributed by atoms with Crippen molar-refractivity contribution in [2.75, 3.05) is 12.9 Å². The van der Waals surface area contributed by atoms with Gasteiger partial charge in [0.15, 0.2) is 0 Å². The van der Waals surface area contributed by atoms with E-state index in [0.29, 0.717) is 17.7 Å². The molecule has 1 aliphatic heterocycles. The zero-order chi connectivity index (χ0) is 12.4. The van der Waals surface area contributed by atoms with Gasteiger partial charge in [-0.25, -0.2) is 0 Å². The van der Waals surface area contributed by atoms with Crippen LogP contribution >= 0.6 is 8.03 Å². The van der Waals surface area contributed by atoms with Crippen LogP contribution in [0.25, 0.3) is 0 Å². The number of benzene rings is 1. The van der Waals surface area contributed by atoms with Crippen LogP contribution in [0.4, 0.5) is 0 Å². The van der Waals surface area contributed by atoms with E-state index in [2.05, 4.69) is 0 Å². The normalized spacial score (nSPS) is 16.2. The number of fused-ring (bicyclic) bond motifs is 1. The summed E-state index contributed by atoms with van der Waals surface area (Å²) in [5.74, 6) is -0.799. The van der Waals surface area contributed by atoms with Crippen LogP contribution in [0.5, 0.6) is 0 Å². The van der Waals surface area contributed by atoms with Gasteiger partial charge in [0.05, 0.1) is 17.7 Å². The van der Waals surface area contributed by atoms with Crippen LogP contribution in [0.1, 0.15) is 27.6 Å². The zero-order valence-electron chi connectivity index (χ0n) is 9.30. The Bertz CT molecular complexity index is 465. The number of imide groups is 1. The molecule has 0 saturated heterocycles. The average molecular weight is 253 g/mol. The largest absolute Gasteiger partial charge is 0.330 e. The van der Waals surface area contributed by atoms with Gasteiger partial charge in [0.1, 0.15) is 6.29 Å². The smallest absolute Gasteiger partial charge is 0.262 e. The van der Waals surface area contributed by atoms with E-state index in [4.69, 9.17) is 4.52 Å². The molecule has 90 valence electrons. The summed E-state index contributed by atoms with van der Waals surface area (Å²) < 4.78 is 16.4. The summed E-state index contributed by atoms with van der Waals surface area (Å²) in [4.78, 5) is 24.7. The van der Waals surface area contributed by atoms with E-state index in [-0.39, 0.29) is 6.29 Å². The van der Waals surface area contributed by atoms with Gasteiger partial charge >= 0.3 is 0 Å². The molecule has 2 rings (SSSR count). The van der Waals surface area contributed by atoms with Crippen LogP contribution in [-0.2, 0) is 9.09 Å². The van der Waals surface area contributed by atoms with Gasteiger partial charge in [-0.05, 0) is 19.1 Å². The van der Waals surface area contributed by atoms with E-state index < -0.39 is 19.8 Å². The number of hydrogen-bond acceptors (Lipinski definition) is 4.